The Morgan fingerprint density at radius 2 is 1.90 bits per heavy atom. The van der Waals surface area contributed by atoms with Crippen molar-refractivity contribution in [2.45, 2.75) is 13.8 Å². The van der Waals surface area contributed by atoms with Crippen LogP contribution in [0, 0.1) is 13.8 Å². The van der Waals surface area contributed by atoms with Crippen molar-refractivity contribution >= 4 is 49.7 Å². The molecule has 2 aromatic carbocycles. The molecule has 5 aromatic rings. The molecule has 148 valence electrons. The van der Waals surface area contributed by atoms with Crippen LogP contribution in [0.25, 0.3) is 31.7 Å². The number of para-hydroxylation sites is 1. The van der Waals surface area contributed by atoms with Gasteiger partial charge in [-0.25, -0.2) is 4.98 Å². The highest BCUT2D eigenvalue weighted by atomic mass is 32.1. The van der Waals surface area contributed by atoms with E-state index in [-0.39, 0.29) is 5.91 Å². The molecule has 0 fully saturated rings. The number of amides is 1. The highest BCUT2D eigenvalue weighted by Gasteiger charge is 2.15. The number of rotatable bonds is 2. The predicted octanol–water partition coefficient (Wildman–Crippen LogP) is 5.87. The van der Waals surface area contributed by atoms with Crippen molar-refractivity contribution in [3.63, 3.8) is 0 Å². The summed E-state index contributed by atoms with van der Waals surface area (Å²) in [4.78, 5) is 24.3. The molecular formula is C24H19N3OS2. The Morgan fingerprint density at radius 3 is 2.70 bits per heavy atom. The van der Waals surface area contributed by atoms with Crippen molar-refractivity contribution in [1.29, 1.82) is 0 Å². The number of aryl methyl sites for hydroxylation is 3. The topological polar surface area (TPSA) is 47.2 Å². The Hall–Kier alpha value is -3.09. The minimum Gasteiger partial charge on any atom is -0.319 e. The van der Waals surface area contributed by atoms with E-state index in [1.165, 1.54) is 22.5 Å². The largest absolute Gasteiger partial charge is 0.319 e. The van der Waals surface area contributed by atoms with Gasteiger partial charge >= 0.3 is 0 Å². The third-order valence-corrected chi connectivity index (χ3v) is 7.40. The number of hydrogen-bond acceptors (Lipinski definition) is 4. The minimum atomic E-state index is -0.247. The van der Waals surface area contributed by atoms with Crippen molar-refractivity contribution < 1.29 is 4.79 Å². The summed E-state index contributed by atoms with van der Waals surface area (Å²) < 4.78 is 3.15. The van der Waals surface area contributed by atoms with Gasteiger partial charge < -0.3 is 4.57 Å². The highest BCUT2D eigenvalue weighted by molar-refractivity contribution is 7.16. The molecule has 5 rings (SSSR count). The monoisotopic (exact) mass is 429 g/mol. The number of benzene rings is 2. The number of thiazole rings is 1. The summed E-state index contributed by atoms with van der Waals surface area (Å²) in [6, 6.07) is 17.8. The third-order valence-electron chi connectivity index (χ3n) is 5.41. The molecule has 0 aliphatic heterocycles. The maximum atomic E-state index is 13.3. The molecule has 0 unspecified atom stereocenters. The maximum Gasteiger partial charge on any atom is 0.280 e. The van der Waals surface area contributed by atoms with E-state index < -0.39 is 0 Å². The van der Waals surface area contributed by atoms with Gasteiger partial charge in [-0.15, -0.1) is 11.3 Å². The van der Waals surface area contributed by atoms with E-state index in [4.69, 9.17) is 4.98 Å². The van der Waals surface area contributed by atoms with Gasteiger partial charge in [0.25, 0.3) is 5.91 Å². The lowest BCUT2D eigenvalue weighted by molar-refractivity contribution is 0.0999. The summed E-state index contributed by atoms with van der Waals surface area (Å²) in [5.41, 5.74) is 5.76. The fraction of sp³-hybridized carbons (Fsp3) is 0.125. The zero-order valence-corrected chi connectivity index (χ0v) is 18.5. The average Bonchev–Trinajstić information content (AvgIpc) is 3.39. The molecule has 0 atom stereocenters. The summed E-state index contributed by atoms with van der Waals surface area (Å²) in [6.07, 6.45) is 0. The van der Waals surface area contributed by atoms with Crippen LogP contribution in [-0.4, -0.2) is 15.5 Å². The van der Waals surface area contributed by atoms with Gasteiger partial charge in [0, 0.05) is 12.4 Å². The van der Waals surface area contributed by atoms with Crippen LogP contribution in [0.2, 0.25) is 0 Å². The number of hydrogen-bond donors (Lipinski definition) is 0. The van der Waals surface area contributed by atoms with Gasteiger partial charge in [0.1, 0.15) is 0 Å². The summed E-state index contributed by atoms with van der Waals surface area (Å²) in [6.45, 7) is 4.21. The first-order valence-electron chi connectivity index (χ1n) is 9.61. The van der Waals surface area contributed by atoms with Crippen LogP contribution >= 0.6 is 22.7 Å². The second-order valence-corrected chi connectivity index (χ2v) is 9.22. The summed E-state index contributed by atoms with van der Waals surface area (Å²) in [5.74, 6) is -0.247. The van der Waals surface area contributed by atoms with E-state index in [9.17, 15) is 4.79 Å². The Labute approximate surface area is 181 Å². The molecule has 0 aliphatic rings. The van der Waals surface area contributed by atoms with E-state index in [0.29, 0.717) is 10.4 Å². The molecular weight excluding hydrogens is 410 g/mol. The molecule has 30 heavy (non-hydrogen) atoms. The van der Waals surface area contributed by atoms with E-state index in [1.807, 2.05) is 59.5 Å². The highest BCUT2D eigenvalue weighted by Crippen LogP contribution is 2.28. The van der Waals surface area contributed by atoms with Crippen LogP contribution in [0.3, 0.4) is 0 Å². The summed E-state index contributed by atoms with van der Waals surface area (Å²) in [7, 11) is 1.97. The summed E-state index contributed by atoms with van der Waals surface area (Å²) >= 11 is 3.15. The van der Waals surface area contributed by atoms with Crippen molar-refractivity contribution in [2.75, 3.05) is 0 Å². The SMILES string of the molecule is Cc1ccc2sc(=NC(=O)c3cc(-c4cccs4)nc4ccccc34)n(C)c2c1C. The quantitative estimate of drug-likeness (QED) is 0.352. The van der Waals surface area contributed by atoms with Crippen LogP contribution in [0.5, 0.6) is 0 Å². The van der Waals surface area contributed by atoms with Crippen LogP contribution in [0.4, 0.5) is 0 Å². The van der Waals surface area contributed by atoms with E-state index in [1.54, 1.807) is 11.3 Å². The van der Waals surface area contributed by atoms with Crippen LogP contribution in [-0.2, 0) is 7.05 Å². The second kappa shape index (κ2) is 7.31. The molecule has 0 bridgehead atoms. The molecule has 0 saturated carbocycles. The van der Waals surface area contributed by atoms with Gasteiger partial charge in [-0.05, 0) is 54.6 Å². The number of carbonyl (C=O) groups excluding carboxylic acids is 1. The lowest BCUT2D eigenvalue weighted by Crippen LogP contribution is -2.14. The number of nitrogens with zero attached hydrogens (tertiary/aromatic N) is 3. The van der Waals surface area contributed by atoms with Crippen LogP contribution < -0.4 is 4.80 Å². The average molecular weight is 430 g/mol. The second-order valence-electron chi connectivity index (χ2n) is 7.26. The van der Waals surface area contributed by atoms with Gasteiger partial charge in [-0.2, -0.15) is 4.99 Å². The van der Waals surface area contributed by atoms with Crippen molar-refractivity contribution in [1.82, 2.24) is 9.55 Å². The lowest BCUT2D eigenvalue weighted by Gasteiger charge is -2.06. The number of fused-ring (bicyclic) bond motifs is 2. The Bertz CT molecular complexity index is 1490. The standard InChI is InChI=1S/C24H19N3OS2/c1-14-10-11-21-22(15(14)2)27(3)24(30-21)26-23(28)17-13-19(20-9-6-12-29-20)25-18-8-5-4-7-16(17)18/h4-13H,1-3H3. The van der Waals surface area contributed by atoms with Crippen molar-refractivity contribution in [2.24, 2.45) is 12.0 Å². The lowest BCUT2D eigenvalue weighted by atomic mass is 10.1. The molecule has 0 saturated heterocycles. The molecule has 0 spiro atoms. The van der Waals surface area contributed by atoms with E-state index in [2.05, 4.69) is 31.0 Å². The molecule has 0 N–H and O–H groups in total. The normalized spacial score (nSPS) is 12.2. The Balaban J connectivity index is 1.71. The number of thiophene rings is 1. The first kappa shape index (κ1) is 18.9. The van der Waals surface area contributed by atoms with Gasteiger partial charge in [-0.1, -0.05) is 41.7 Å². The molecule has 3 heterocycles. The smallest absolute Gasteiger partial charge is 0.280 e. The first-order chi connectivity index (χ1) is 14.5. The van der Waals surface area contributed by atoms with Crippen LogP contribution in [0.15, 0.2) is 65.0 Å². The Kier molecular flexibility index (Phi) is 4.60. The predicted molar refractivity (Wildman–Crippen MR) is 125 cm³/mol. The van der Waals surface area contributed by atoms with E-state index in [0.717, 1.165) is 31.7 Å². The minimum absolute atomic E-state index is 0.247. The fourth-order valence-corrected chi connectivity index (χ4v) is 5.45. The zero-order valence-electron chi connectivity index (χ0n) is 16.8. The molecule has 6 heteroatoms. The molecule has 3 aromatic heterocycles. The van der Waals surface area contributed by atoms with Crippen molar-refractivity contribution in [3.8, 4) is 10.6 Å². The van der Waals surface area contributed by atoms with E-state index >= 15 is 0 Å². The third kappa shape index (κ3) is 3.09. The fourth-order valence-electron chi connectivity index (χ4n) is 3.69. The Morgan fingerprint density at radius 1 is 1.07 bits per heavy atom. The summed E-state index contributed by atoms with van der Waals surface area (Å²) in [5, 5.41) is 2.84. The first-order valence-corrected chi connectivity index (χ1v) is 11.3. The zero-order chi connectivity index (χ0) is 20.8. The molecule has 0 aliphatic carbocycles. The van der Waals surface area contributed by atoms with Gasteiger partial charge in [0.15, 0.2) is 4.80 Å². The molecule has 4 nitrogen and oxygen atoms in total. The van der Waals surface area contributed by atoms with Gasteiger partial charge in [0.05, 0.1) is 31.9 Å². The number of carbonyl (C=O) groups is 1. The van der Waals surface area contributed by atoms with Gasteiger partial charge in [-0.3, -0.25) is 4.79 Å². The van der Waals surface area contributed by atoms with Gasteiger partial charge in [0.2, 0.25) is 0 Å². The molecule has 0 radical (unpaired) electrons. The maximum absolute atomic E-state index is 13.3. The molecule has 1 amide bonds. The van der Waals surface area contributed by atoms with Crippen LogP contribution in [0.1, 0.15) is 21.5 Å². The van der Waals surface area contributed by atoms with Crippen molar-refractivity contribution in [3.05, 3.63) is 81.5 Å². The number of aromatic nitrogens is 2. The number of pyridine rings is 1.